The van der Waals surface area contributed by atoms with Gasteiger partial charge in [-0.3, -0.25) is 14.2 Å². The van der Waals surface area contributed by atoms with E-state index in [4.69, 9.17) is 0 Å². The maximum Gasteiger partial charge on any atom is 0.336 e. The second kappa shape index (κ2) is 10.4. The van der Waals surface area contributed by atoms with Crippen molar-refractivity contribution in [1.29, 1.82) is 0 Å². The molecule has 3 aromatic carbocycles. The fourth-order valence-electron chi connectivity index (χ4n) is 4.46. The van der Waals surface area contributed by atoms with E-state index >= 15 is 0 Å². The first-order valence-electron chi connectivity index (χ1n) is 11.9. The second-order valence-electron chi connectivity index (χ2n) is 8.54. The van der Waals surface area contributed by atoms with Crippen molar-refractivity contribution in [2.75, 3.05) is 0 Å². The average Bonchev–Trinajstić information content (AvgIpc) is 3.57. The third-order valence-electron chi connectivity index (χ3n) is 6.21. The van der Waals surface area contributed by atoms with Crippen molar-refractivity contribution in [2.24, 2.45) is 0 Å². The van der Waals surface area contributed by atoms with Gasteiger partial charge in [-0.1, -0.05) is 74.0 Å². The Hall–Kier alpha value is -4.92. The molecule has 0 spiro atoms. The Morgan fingerprint density at radius 1 is 0.946 bits per heavy atom. The van der Waals surface area contributed by atoms with Gasteiger partial charge in [0.05, 0.1) is 17.9 Å². The summed E-state index contributed by atoms with van der Waals surface area (Å²) in [6, 6.07) is 24.1. The van der Waals surface area contributed by atoms with E-state index in [1.54, 1.807) is 41.3 Å². The number of carbonyl (C=O) groups excluding carboxylic acids is 2. The van der Waals surface area contributed by atoms with Gasteiger partial charge in [0, 0.05) is 11.1 Å². The number of aldehydes is 1. The van der Waals surface area contributed by atoms with E-state index in [1.165, 1.54) is 4.57 Å². The number of nitrogens with zero attached hydrogens (tertiary/aromatic N) is 6. The highest BCUT2D eigenvalue weighted by Crippen LogP contribution is 2.26. The molecule has 0 fully saturated rings. The van der Waals surface area contributed by atoms with Gasteiger partial charge < -0.3 is 0 Å². The summed E-state index contributed by atoms with van der Waals surface area (Å²) in [5.41, 5.74) is 4.10. The Labute approximate surface area is 212 Å². The molecule has 0 aliphatic heterocycles. The number of imidazole rings is 1. The first kappa shape index (κ1) is 23.8. The molecule has 184 valence electrons. The molecule has 0 aliphatic carbocycles. The zero-order chi connectivity index (χ0) is 25.8. The highest BCUT2D eigenvalue weighted by Gasteiger charge is 2.24. The number of para-hydroxylation sites is 1. The highest BCUT2D eigenvalue weighted by atomic mass is 16.2. The number of tetrazole rings is 1. The fourth-order valence-corrected chi connectivity index (χ4v) is 4.46. The van der Waals surface area contributed by atoms with Crippen molar-refractivity contribution in [3.05, 3.63) is 118 Å². The van der Waals surface area contributed by atoms with Gasteiger partial charge in [0.25, 0.3) is 5.91 Å². The van der Waals surface area contributed by atoms with Gasteiger partial charge in [0.2, 0.25) is 0 Å². The first-order chi connectivity index (χ1) is 18.1. The molecule has 0 bridgehead atoms. The van der Waals surface area contributed by atoms with Gasteiger partial charge in [-0.05, 0) is 46.2 Å². The molecule has 0 unspecified atom stereocenters. The quantitative estimate of drug-likeness (QED) is 0.305. The second-order valence-corrected chi connectivity index (χ2v) is 8.54. The standard InChI is InChI=1S/C28H24N6O3/c1-2-8-25-26(18-35)34(27(36)22-9-4-3-5-10-22)28(37)32(25)17-20-13-15-21(16-14-20)23-11-6-7-12-24(23)33-19-29-30-31-33/h3-7,9-16,18-19H,2,8,17H2,1H3. The van der Waals surface area contributed by atoms with Crippen molar-refractivity contribution in [2.45, 2.75) is 26.3 Å². The minimum Gasteiger partial charge on any atom is -0.296 e. The SMILES string of the molecule is CCCc1c(C=O)n(C(=O)c2ccccc2)c(=O)n1Cc1ccc(-c2ccccc2-n2cnnn2)cc1. The monoisotopic (exact) mass is 492 g/mol. The predicted molar refractivity (Wildman–Crippen MR) is 138 cm³/mol. The first-order valence-corrected chi connectivity index (χ1v) is 11.9. The molecule has 0 atom stereocenters. The Kier molecular flexibility index (Phi) is 6.67. The van der Waals surface area contributed by atoms with Crippen LogP contribution in [0.25, 0.3) is 16.8 Å². The van der Waals surface area contributed by atoms with Crippen LogP contribution >= 0.6 is 0 Å². The molecule has 0 aliphatic rings. The zero-order valence-corrected chi connectivity index (χ0v) is 20.2. The van der Waals surface area contributed by atoms with Crippen LogP contribution in [0.2, 0.25) is 0 Å². The Morgan fingerprint density at radius 2 is 1.68 bits per heavy atom. The number of hydrogen-bond acceptors (Lipinski definition) is 6. The van der Waals surface area contributed by atoms with E-state index in [-0.39, 0.29) is 12.2 Å². The van der Waals surface area contributed by atoms with Crippen LogP contribution in [0.1, 0.15) is 45.4 Å². The largest absolute Gasteiger partial charge is 0.336 e. The van der Waals surface area contributed by atoms with Crippen LogP contribution in [-0.4, -0.2) is 41.5 Å². The number of hydrogen-bond donors (Lipinski definition) is 0. The van der Waals surface area contributed by atoms with Gasteiger partial charge in [-0.2, -0.15) is 4.68 Å². The molecule has 37 heavy (non-hydrogen) atoms. The van der Waals surface area contributed by atoms with E-state index < -0.39 is 11.6 Å². The van der Waals surface area contributed by atoms with Gasteiger partial charge in [0.15, 0.2) is 6.29 Å². The van der Waals surface area contributed by atoms with Gasteiger partial charge in [-0.25, -0.2) is 9.36 Å². The summed E-state index contributed by atoms with van der Waals surface area (Å²) in [6.07, 6.45) is 3.36. The lowest BCUT2D eigenvalue weighted by Gasteiger charge is -2.11. The van der Waals surface area contributed by atoms with E-state index in [0.29, 0.717) is 24.0 Å². The van der Waals surface area contributed by atoms with Gasteiger partial charge in [-0.15, -0.1) is 5.10 Å². The average molecular weight is 493 g/mol. The van der Waals surface area contributed by atoms with Crippen LogP contribution in [0, 0.1) is 0 Å². The molecule has 0 radical (unpaired) electrons. The van der Waals surface area contributed by atoms with E-state index in [2.05, 4.69) is 15.5 Å². The minimum atomic E-state index is -0.521. The third-order valence-corrected chi connectivity index (χ3v) is 6.21. The van der Waals surface area contributed by atoms with Crippen LogP contribution in [0.4, 0.5) is 0 Å². The normalized spacial score (nSPS) is 10.9. The molecule has 2 aromatic heterocycles. The van der Waals surface area contributed by atoms with Crippen molar-refractivity contribution in [1.82, 2.24) is 29.3 Å². The molecule has 2 heterocycles. The predicted octanol–water partition coefficient (Wildman–Crippen LogP) is 3.79. The number of carbonyl (C=O) groups is 2. The zero-order valence-electron chi connectivity index (χ0n) is 20.2. The molecule has 9 heteroatoms. The molecule has 5 aromatic rings. The van der Waals surface area contributed by atoms with Crippen molar-refractivity contribution < 1.29 is 9.59 Å². The summed E-state index contributed by atoms with van der Waals surface area (Å²) >= 11 is 0. The van der Waals surface area contributed by atoms with Crippen LogP contribution in [0.5, 0.6) is 0 Å². The lowest BCUT2D eigenvalue weighted by atomic mass is 10.0. The minimum absolute atomic E-state index is 0.104. The van der Waals surface area contributed by atoms with Crippen molar-refractivity contribution in [3.63, 3.8) is 0 Å². The topological polar surface area (TPSA) is 105 Å². The van der Waals surface area contributed by atoms with E-state index in [1.807, 2.05) is 55.5 Å². The Bertz CT molecular complexity index is 1600. The molecule has 0 N–H and O–H groups in total. The summed E-state index contributed by atoms with van der Waals surface area (Å²) in [5, 5.41) is 11.4. The van der Waals surface area contributed by atoms with Gasteiger partial charge in [0.1, 0.15) is 12.0 Å². The molecule has 5 rings (SSSR count). The molecular weight excluding hydrogens is 468 g/mol. The van der Waals surface area contributed by atoms with Gasteiger partial charge >= 0.3 is 5.69 Å². The van der Waals surface area contributed by atoms with Crippen LogP contribution in [0.3, 0.4) is 0 Å². The highest BCUT2D eigenvalue weighted by molar-refractivity contribution is 5.99. The van der Waals surface area contributed by atoms with E-state index in [0.717, 1.165) is 33.4 Å². The molecule has 0 amide bonds. The lowest BCUT2D eigenvalue weighted by Crippen LogP contribution is -2.31. The Morgan fingerprint density at radius 3 is 2.35 bits per heavy atom. The maximum absolute atomic E-state index is 13.5. The smallest absolute Gasteiger partial charge is 0.296 e. The Balaban J connectivity index is 1.51. The summed E-state index contributed by atoms with van der Waals surface area (Å²) in [7, 11) is 0. The maximum atomic E-state index is 13.5. The summed E-state index contributed by atoms with van der Waals surface area (Å²) < 4.78 is 4.12. The molecular formula is C28H24N6O3. The number of rotatable bonds is 8. The van der Waals surface area contributed by atoms with Crippen LogP contribution in [-0.2, 0) is 13.0 Å². The van der Waals surface area contributed by atoms with Crippen LogP contribution < -0.4 is 5.69 Å². The number of aromatic nitrogens is 6. The lowest BCUT2D eigenvalue weighted by molar-refractivity contribution is 0.0942. The molecule has 9 nitrogen and oxygen atoms in total. The summed E-state index contributed by atoms with van der Waals surface area (Å²) in [4.78, 5) is 38.7. The number of benzene rings is 3. The fraction of sp³-hybridized carbons (Fsp3) is 0.143. The van der Waals surface area contributed by atoms with Crippen molar-refractivity contribution in [3.8, 4) is 16.8 Å². The summed E-state index contributed by atoms with van der Waals surface area (Å²) in [6.45, 7) is 2.20. The van der Waals surface area contributed by atoms with E-state index in [9.17, 15) is 14.4 Å². The van der Waals surface area contributed by atoms with Crippen molar-refractivity contribution >= 4 is 12.2 Å². The molecule has 0 saturated carbocycles. The summed E-state index contributed by atoms with van der Waals surface area (Å²) in [5.74, 6) is -0.515. The molecule has 0 saturated heterocycles. The van der Waals surface area contributed by atoms with Crippen LogP contribution in [0.15, 0.2) is 90.0 Å². The third kappa shape index (κ3) is 4.54.